The summed E-state index contributed by atoms with van der Waals surface area (Å²) in [4.78, 5) is 4.27. The monoisotopic (exact) mass is 151 g/mol. The van der Waals surface area contributed by atoms with Crippen LogP contribution in [0.4, 0.5) is 0 Å². The van der Waals surface area contributed by atoms with Gasteiger partial charge in [-0.2, -0.15) is 0 Å². The van der Waals surface area contributed by atoms with Crippen molar-refractivity contribution in [2.75, 3.05) is 0 Å². The third-order valence-electron chi connectivity index (χ3n) is 1.88. The first-order valence-corrected chi connectivity index (χ1v) is 4.28. The van der Waals surface area contributed by atoms with E-state index in [0.717, 1.165) is 12.8 Å². The molecule has 0 N–H and O–H groups in total. The molecule has 62 valence electrons. The summed E-state index contributed by atoms with van der Waals surface area (Å²) in [5.41, 5.74) is 1.80. The molecule has 0 amide bonds. The van der Waals surface area contributed by atoms with Crippen molar-refractivity contribution in [3.05, 3.63) is 12.3 Å². The number of allylic oxidation sites excluding steroid dienone is 1. The van der Waals surface area contributed by atoms with Gasteiger partial charge < -0.3 is 0 Å². The third-order valence-corrected chi connectivity index (χ3v) is 1.88. The molecule has 0 spiro atoms. The molecule has 0 aromatic rings. The zero-order chi connectivity index (χ0) is 8.32. The minimum absolute atomic E-state index is 0.450. The SMILES string of the molecule is CC(C)(C)CCC1=NC=CC1. The number of rotatable bonds is 2. The van der Waals surface area contributed by atoms with E-state index in [1.54, 1.807) is 0 Å². The number of nitrogens with zero attached hydrogens (tertiary/aromatic N) is 1. The van der Waals surface area contributed by atoms with Crippen LogP contribution in [0.2, 0.25) is 0 Å². The van der Waals surface area contributed by atoms with E-state index in [-0.39, 0.29) is 0 Å². The van der Waals surface area contributed by atoms with Gasteiger partial charge in [-0.15, -0.1) is 0 Å². The molecule has 0 aromatic carbocycles. The topological polar surface area (TPSA) is 12.4 Å². The smallest absolute Gasteiger partial charge is 0.0231 e. The molecule has 0 saturated heterocycles. The maximum Gasteiger partial charge on any atom is 0.0231 e. The minimum Gasteiger partial charge on any atom is -0.266 e. The van der Waals surface area contributed by atoms with E-state index in [1.807, 2.05) is 6.20 Å². The molecule has 0 aromatic heterocycles. The lowest BCUT2D eigenvalue weighted by molar-refractivity contribution is 0.386. The Kier molecular flexibility index (Phi) is 2.48. The summed E-state index contributed by atoms with van der Waals surface area (Å²) in [5, 5.41) is 0. The van der Waals surface area contributed by atoms with Gasteiger partial charge in [0.05, 0.1) is 0 Å². The summed E-state index contributed by atoms with van der Waals surface area (Å²) in [6, 6.07) is 0. The largest absolute Gasteiger partial charge is 0.266 e. The van der Waals surface area contributed by atoms with Gasteiger partial charge >= 0.3 is 0 Å². The molecule has 0 fully saturated rings. The van der Waals surface area contributed by atoms with E-state index < -0.39 is 0 Å². The fourth-order valence-electron chi connectivity index (χ4n) is 1.09. The summed E-state index contributed by atoms with van der Waals surface area (Å²) in [5.74, 6) is 0. The van der Waals surface area contributed by atoms with Gasteiger partial charge in [-0.05, 0) is 18.3 Å². The number of hydrogen-bond donors (Lipinski definition) is 0. The van der Waals surface area contributed by atoms with Crippen LogP contribution in [0.3, 0.4) is 0 Å². The molecule has 0 aliphatic carbocycles. The summed E-state index contributed by atoms with van der Waals surface area (Å²) in [6.45, 7) is 6.82. The lowest BCUT2D eigenvalue weighted by Gasteiger charge is -2.17. The molecular formula is C10H17N. The lowest BCUT2D eigenvalue weighted by atomic mass is 9.89. The standard InChI is InChI=1S/C10H17N/c1-10(2,3)7-6-9-5-4-8-11-9/h4,8H,5-7H2,1-3H3. The average molecular weight is 151 g/mol. The minimum atomic E-state index is 0.450. The van der Waals surface area contributed by atoms with Crippen LogP contribution in [0.25, 0.3) is 0 Å². The van der Waals surface area contributed by atoms with E-state index in [1.165, 1.54) is 12.1 Å². The lowest BCUT2D eigenvalue weighted by Crippen LogP contribution is -2.07. The van der Waals surface area contributed by atoms with Gasteiger partial charge in [0.2, 0.25) is 0 Å². The molecular weight excluding hydrogens is 134 g/mol. The molecule has 0 unspecified atom stereocenters. The summed E-state index contributed by atoms with van der Waals surface area (Å²) in [6.07, 6.45) is 7.52. The number of aliphatic imine (C=N–C) groups is 1. The Balaban J connectivity index is 2.23. The highest BCUT2D eigenvalue weighted by Gasteiger charge is 2.11. The van der Waals surface area contributed by atoms with Gasteiger partial charge in [0, 0.05) is 18.3 Å². The van der Waals surface area contributed by atoms with Crippen molar-refractivity contribution in [2.45, 2.75) is 40.0 Å². The van der Waals surface area contributed by atoms with E-state index in [4.69, 9.17) is 0 Å². The third kappa shape index (κ3) is 3.35. The van der Waals surface area contributed by atoms with Gasteiger partial charge in [0.25, 0.3) is 0 Å². The zero-order valence-corrected chi connectivity index (χ0v) is 7.72. The van der Waals surface area contributed by atoms with Gasteiger partial charge in [-0.3, -0.25) is 4.99 Å². The Bertz CT molecular complexity index is 182. The molecule has 1 nitrogen and oxygen atoms in total. The molecule has 1 heterocycles. The molecule has 0 saturated carbocycles. The molecule has 1 rings (SSSR count). The molecule has 0 atom stereocenters. The van der Waals surface area contributed by atoms with Crippen molar-refractivity contribution in [3.63, 3.8) is 0 Å². The van der Waals surface area contributed by atoms with Gasteiger partial charge in [0.15, 0.2) is 0 Å². The van der Waals surface area contributed by atoms with Crippen molar-refractivity contribution >= 4 is 5.71 Å². The van der Waals surface area contributed by atoms with Crippen LogP contribution in [-0.2, 0) is 0 Å². The normalized spacial score (nSPS) is 17.2. The van der Waals surface area contributed by atoms with Crippen molar-refractivity contribution in [3.8, 4) is 0 Å². The predicted octanol–water partition coefficient (Wildman–Crippen LogP) is 3.17. The number of hydrogen-bond acceptors (Lipinski definition) is 1. The Morgan fingerprint density at radius 2 is 2.18 bits per heavy atom. The van der Waals surface area contributed by atoms with Gasteiger partial charge in [-0.25, -0.2) is 0 Å². The fraction of sp³-hybridized carbons (Fsp3) is 0.700. The molecule has 0 radical (unpaired) electrons. The summed E-state index contributed by atoms with van der Waals surface area (Å²) in [7, 11) is 0. The van der Waals surface area contributed by atoms with Crippen molar-refractivity contribution in [1.29, 1.82) is 0 Å². The first-order chi connectivity index (χ1) is 5.08. The second kappa shape index (κ2) is 3.21. The fourth-order valence-corrected chi connectivity index (χ4v) is 1.09. The molecule has 1 heteroatoms. The Labute approximate surface area is 69.2 Å². The molecule has 0 bridgehead atoms. The quantitative estimate of drug-likeness (QED) is 0.575. The van der Waals surface area contributed by atoms with Gasteiger partial charge in [-0.1, -0.05) is 26.8 Å². The molecule has 11 heavy (non-hydrogen) atoms. The van der Waals surface area contributed by atoms with E-state index in [0.29, 0.717) is 5.41 Å². The second-order valence-electron chi connectivity index (χ2n) is 4.34. The molecule has 1 aliphatic rings. The Morgan fingerprint density at radius 3 is 2.64 bits per heavy atom. The highest BCUT2D eigenvalue weighted by atomic mass is 14.7. The predicted molar refractivity (Wildman–Crippen MR) is 49.9 cm³/mol. The second-order valence-corrected chi connectivity index (χ2v) is 4.34. The van der Waals surface area contributed by atoms with Crippen LogP contribution in [0.1, 0.15) is 40.0 Å². The Hall–Kier alpha value is -0.590. The maximum atomic E-state index is 4.27. The zero-order valence-electron chi connectivity index (χ0n) is 7.72. The van der Waals surface area contributed by atoms with Crippen molar-refractivity contribution in [2.24, 2.45) is 10.4 Å². The van der Waals surface area contributed by atoms with E-state index in [9.17, 15) is 0 Å². The van der Waals surface area contributed by atoms with Crippen molar-refractivity contribution in [1.82, 2.24) is 0 Å². The summed E-state index contributed by atoms with van der Waals surface area (Å²) < 4.78 is 0. The first kappa shape index (κ1) is 8.51. The van der Waals surface area contributed by atoms with Crippen molar-refractivity contribution < 1.29 is 0 Å². The van der Waals surface area contributed by atoms with Crippen LogP contribution in [0.15, 0.2) is 17.3 Å². The average Bonchev–Trinajstić information content (AvgIpc) is 2.32. The van der Waals surface area contributed by atoms with E-state index in [2.05, 4.69) is 31.8 Å². The van der Waals surface area contributed by atoms with Crippen LogP contribution in [-0.4, -0.2) is 5.71 Å². The maximum absolute atomic E-state index is 4.27. The highest BCUT2D eigenvalue weighted by molar-refractivity contribution is 5.87. The van der Waals surface area contributed by atoms with Crippen LogP contribution >= 0.6 is 0 Å². The Morgan fingerprint density at radius 1 is 1.45 bits per heavy atom. The highest BCUT2D eigenvalue weighted by Crippen LogP contribution is 2.22. The van der Waals surface area contributed by atoms with E-state index >= 15 is 0 Å². The summed E-state index contributed by atoms with van der Waals surface area (Å²) >= 11 is 0. The van der Waals surface area contributed by atoms with Gasteiger partial charge in [0.1, 0.15) is 0 Å². The first-order valence-electron chi connectivity index (χ1n) is 4.28. The molecule has 1 aliphatic heterocycles. The van der Waals surface area contributed by atoms with Crippen LogP contribution < -0.4 is 0 Å². The van der Waals surface area contributed by atoms with Crippen LogP contribution in [0, 0.1) is 5.41 Å². The van der Waals surface area contributed by atoms with Crippen LogP contribution in [0.5, 0.6) is 0 Å².